The van der Waals surface area contributed by atoms with Crippen LogP contribution in [0.4, 0.5) is 14.5 Å². The van der Waals surface area contributed by atoms with Crippen LogP contribution in [0.15, 0.2) is 12.1 Å². The van der Waals surface area contributed by atoms with Crippen LogP contribution in [0.2, 0.25) is 0 Å². The Bertz CT molecular complexity index is 455. The summed E-state index contributed by atoms with van der Waals surface area (Å²) >= 11 is 0. The van der Waals surface area contributed by atoms with Gasteiger partial charge in [0.1, 0.15) is 5.82 Å². The number of anilines is 1. The maximum atomic E-state index is 13.6. The van der Waals surface area contributed by atoms with E-state index in [4.69, 9.17) is 5.26 Å². The van der Waals surface area contributed by atoms with Gasteiger partial charge in [0.25, 0.3) is 0 Å². The summed E-state index contributed by atoms with van der Waals surface area (Å²) in [6.45, 7) is 4.08. The molecule has 0 saturated carbocycles. The summed E-state index contributed by atoms with van der Waals surface area (Å²) in [5, 5.41) is 11.6. The van der Waals surface area contributed by atoms with Crippen molar-refractivity contribution in [2.75, 3.05) is 19.0 Å². The van der Waals surface area contributed by atoms with Gasteiger partial charge in [-0.15, -0.1) is 0 Å². The van der Waals surface area contributed by atoms with Gasteiger partial charge in [-0.25, -0.2) is 8.78 Å². The monoisotopic (exact) mass is 254 g/mol. The first-order chi connectivity index (χ1) is 8.49. The molecule has 1 aromatic rings. The highest BCUT2D eigenvalue weighted by molar-refractivity contribution is 5.49. The maximum absolute atomic E-state index is 13.6. The fourth-order valence-electron chi connectivity index (χ4n) is 1.47. The minimum Gasteiger partial charge on any atom is -0.494 e. The smallest absolute Gasteiger partial charge is 0.167 e. The molecule has 18 heavy (non-hydrogen) atoms. The van der Waals surface area contributed by atoms with Crippen LogP contribution >= 0.6 is 0 Å². The number of ether oxygens (including phenoxy) is 1. The van der Waals surface area contributed by atoms with E-state index < -0.39 is 11.6 Å². The first kappa shape index (κ1) is 14.2. The third-order valence-corrected chi connectivity index (χ3v) is 2.72. The molecule has 3 nitrogen and oxygen atoms in total. The Balaban J connectivity index is 2.80. The molecule has 1 rings (SSSR count). The number of methoxy groups -OCH3 is 1. The number of halogens is 2. The van der Waals surface area contributed by atoms with E-state index in [9.17, 15) is 8.78 Å². The molecule has 5 heteroatoms. The second-order valence-electron chi connectivity index (χ2n) is 4.33. The van der Waals surface area contributed by atoms with Gasteiger partial charge < -0.3 is 10.1 Å². The van der Waals surface area contributed by atoms with Gasteiger partial charge in [0.15, 0.2) is 11.6 Å². The Hall–Kier alpha value is -1.83. The van der Waals surface area contributed by atoms with E-state index in [1.54, 1.807) is 0 Å². The summed E-state index contributed by atoms with van der Waals surface area (Å²) in [5.74, 6) is -1.49. The molecule has 0 spiro atoms. The number of hydrogen-bond donors (Lipinski definition) is 1. The van der Waals surface area contributed by atoms with Crippen LogP contribution < -0.4 is 10.1 Å². The molecule has 0 amide bonds. The second-order valence-corrected chi connectivity index (χ2v) is 4.33. The molecule has 0 heterocycles. The predicted octanol–water partition coefficient (Wildman–Crippen LogP) is 3.18. The molecule has 1 aromatic carbocycles. The van der Waals surface area contributed by atoms with Crippen LogP contribution in [0.3, 0.4) is 0 Å². The summed E-state index contributed by atoms with van der Waals surface area (Å²) in [7, 11) is 1.27. The minimum atomic E-state index is -0.639. The number of hydrogen-bond acceptors (Lipinski definition) is 3. The third kappa shape index (κ3) is 3.33. The van der Waals surface area contributed by atoms with E-state index in [0.717, 1.165) is 12.1 Å². The number of rotatable bonds is 5. The number of nitrogens with one attached hydrogen (secondary N) is 1. The van der Waals surface area contributed by atoms with Crippen molar-refractivity contribution in [1.29, 1.82) is 5.26 Å². The Morgan fingerprint density at radius 2 is 2.00 bits per heavy atom. The van der Waals surface area contributed by atoms with Crippen LogP contribution in [-0.4, -0.2) is 13.7 Å². The predicted molar refractivity (Wildman–Crippen MR) is 65.3 cm³/mol. The lowest BCUT2D eigenvalue weighted by molar-refractivity contribution is 0.383. The van der Waals surface area contributed by atoms with Crippen LogP contribution in [0.1, 0.15) is 13.8 Å². The fourth-order valence-corrected chi connectivity index (χ4v) is 1.47. The third-order valence-electron chi connectivity index (χ3n) is 2.72. The van der Waals surface area contributed by atoms with Crippen molar-refractivity contribution in [2.45, 2.75) is 13.8 Å². The topological polar surface area (TPSA) is 45.0 Å². The molecule has 0 radical (unpaired) electrons. The zero-order chi connectivity index (χ0) is 13.7. The summed E-state index contributed by atoms with van der Waals surface area (Å²) in [4.78, 5) is 0. The zero-order valence-corrected chi connectivity index (χ0v) is 10.6. The average molecular weight is 254 g/mol. The molecule has 0 fully saturated rings. The van der Waals surface area contributed by atoms with Crippen molar-refractivity contribution >= 4 is 5.69 Å². The Kier molecular flexibility index (Phi) is 4.90. The van der Waals surface area contributed by atoms with Crippen LogP contribution in [-0.2, 0) is 0 Å². The molecule has 0 aliphatic rings. The van der Waals surface area contributed by atoms with E-state index in [2.05, 4.69) is 16.1 Å². The average Bonchev–Trinajstić information content (AvgIpc) is 2.33. The first-order valence-corrected chi connectivity index (χ1v) is 5.66. The van der Waals surface area contributed by atoms with Crippen molar-refractivity contribution in [3.63, 3.8) is 0 Å². The molecule has 0 saturated heterocycles. The zero-order valence-electron chi connectivity index (χ0n) is 10.6. The first-order valence-electron chi connectivity index (χ1n) is 5.66. The maximum Gasteiger partial charge on any atom is 0.167 e. The Morgan fingerprint density at radius 3 is 2.50 bits per heavy atom. The van der Waals surface area contributed by atoms with Crippen LogP contribution in [0, 0.1) is 34.8 Å². The summed E-state index contributed by atoms with van der Waals surface area (Å²) in [6.07, 6.45) is 0. The van der Waals surface area contributed by atoms with Gasteiger partial charge in [0.2, 0.25) is 0 Å². The molecule has 1 N–H and O–H groups in total. The fraction of sp³-hybridized carbons (Fsp3) is 0.462. The lowest BCUT2D eigenvalue weighted by Gasteiger charge is -2.15. The van der Waals surface area contributed by atoms with E-state index in [-0.39, 0.29) is 29.8 Å². The van der Waals surface area contributed by atoms with E-state index in [1.807, 2.05) is 13.8 Å². The molecule has 1 unspecified atom stereocenters. The Morgan fingerprint density at radius 1 is 1.33 bits per heavy atom. The molecule has 0 bridgehead atoms. The van der Waals surface area contributed by atoms with E-state index in [1.165, 1.54) is 7.11 Å². The van der Waals surface area contributed by atoms with Gasteiger partial charge >= 0.3 is 0 Å². The van der Waals surface area contributed by atoms with Gasteiger partial charge in [0, 0.05) is 18.7 Å². The van der Waals surface area contributed by atoms with Gasteiger partial charge in [-0.2, -0.15) is 5.26 Å². The standard InChI is InChI=1S/C13H16F2N2O/c1-8(2)9(6-16)7-17-12-4-11(15)13(18-3)5-10(12)14/h4-5,8-9,17H,7H2,1-3H3. The second kappa shape index (κ2) is 6.20. The van der Waals surface area contributed by atoms with Gasteiger partial charge in [0.05, 0.1) is 24.8 Å². The normalized spacial score (nSPS) is 12.1. The molecule has 1 atom stereocenters. The summed E-state index contributed by atoms with van der Waals surface area (Å²) in [5.41, 5.74) is 0.0363. The van der Waals surface area contributed by atoms with E-state index >= 15 is 0 Å². The minimum absolute atomic E-state index is 0.0363. The van der Waals surface area contributed by atoms with Crippen LogP contribution in [0.5, 0.6) is 5.75 Å². The summed E-state index contributed by atoms with van der Waals surface area (Å²) in [6, 6.07) is 4.14. The molecular weight excluding hydrogens is 238 g/mol. The highest BCUT2D eigenvalue weighted by atomic mass is 19.1. The molecular formula is C13H16F2N2O. The van der Waals surface area contributed by atoms with Crippen molar-refractivity contribution in [2.24, 2.45) is 11.8 Å². The number of nitrogens with zero attached hydrogens (tertiary/aromatic N) is 1. The van der Waals surface area contributed by atoms with Gasteiger partial charge in [-0.1, -0.05) is 13.8 Å². The van der Waals surface area contributed by atoms with Gasteiger partial charge in [-0.3, -0.25) is 0 Å². The number of nitriles is 1. The van der Waals surface area contributed by atoms with Crippen molar-refractivity contribution in [1.82, 2.24) is 0 Å². The van der Waals surface area contributed by atoms with Crippen LogP contribution in [0.25, 0.3) is 0 Å². The number of benzene rings is 1. The highest BCUT2D eigenvalue weighted by Gasteiger charge is 2.14. The van der Waals surface area contributed by atoms with E-state index in [0.29, 0.717) is 0 Å². The lowest BCUT2D eigenvalue weighted by atomic mass is 9.97. The largest absolute Gasteiger partial charge is 0.494 e. The molecule has 0 aliphatic heterocycles. The SMILES string of the molecule is COc1cc(F)c(NCC(C#N)C(C)C)cc1F. The molecule has 0 aromatic heterocycles. The van der Waals surface area contributed by atoms with Gasteiger partial charge in [-0.05, 0) is 5.92 Å². The molecule has 98 valence electrons. The Labute approximate surface area is 105 Å². The highest BCUT2D eigenvalue weighted by Crippen LogP contribution is 2.25. The quantitative estimate of drug-likeness (QED) is 0.877. The lowest BCUT2D eigenvalue weighted by Crippen LogP contribution is -2.18. The summed E-state index contributed by atoms with van der Waals surface area (Å²) < 4.78 is 31.6. The van der Waals surface area contributed by atoms with Crippen molar-refractivity contribution < 1.29 is 13.5 Å². The van der Waals surface area contributed by atoms with Crippen molar-refractivity contribution in [3.8, 4) is 11.8 Å². The molecule has 0 aliphatic carbocycles. The van der Waals surface area contributed by atoms with Crippen molar-refractivity contribution in [3.05, 3.63) is 23.8 Å².